The zero-order valence-corrected chi connectivity index (χ0v) is 19.8. The summed E-state index contributed by atoms with van der Waals surface area (Å²) in [5.74, 6) is -1.30. The molecule has 0 bridgehead atoms. The maximum atomic E-state index is 13.2. The van der Waals surface area contributed by atoms with Crippen LogP contribution in [0.1, 0.15) is 30.1 Å². The maximum absolute atomic E-state index is 13.2. The molecule has 0 radical (unpaired) electrons. The van der Waals surface area contributed by atoms with Gasteiger partial charge in [-0.3, -0.25) is 4.79 Å². The summed E-state index contributed by atoms with van der Waals surface area (Å²) in [6.07, 6.45) is 0.931. The number of esters is 1. The van der Waals surface area contributed by atoms with Gasteiger partial charge in [-0.05, 0) is 62.2 Å². The number of benzene rings is 2. The Kier molecular flexibility index (Phi) is 7.18. The largest absolute Gasteiger partial charge is 0.449 e. The van der Waals surface area contributed by atoms with Crippen LogP contribution < -0.4 is 4.90 Å². The van der Waals surface area contributed by atoms with Crippen LogP contribution in [-0.4, -0.2) is 74.9 Å². The van der Waals surface area contributed by atoms with Crippen molar-refractivity contribution < 1.29 is 27.1 Å². The van der Waals surface area contributed by atoms with Gasteiger partial charge in [0.25, 0.3) is 5.91 Å². The fourth-order valence-corrected chi connectivity index (χ4v) is 5.71. The van der Waals surface area contributed by atoms with Crippen molar-refractivity contribution in [3.8, 4) is 0 Å². The van der Waals surface area contributed by atoms with Crippen LogP contribution >= 0.6 is 0 Å². The highest BCUT2D eigenvalue weighted by Crippen LogP contribution is 2.23. The zero-order chi connectivity index (χ0) is 24.3. The van der Waals surface area contributed by atoms with E-state index in [0.717, 1.165) is 18.5 Å². The van der Waals surface area contributed by atoms with E-state index < -0.39 is 22.1 Å². The van der Waals surface area contributed by atoms with Gasteiger partial charge in [-0.1, -0.05) is 6.07 Å². The van der Waals surface area contributed by atoms with Gasteiger partial charge in [0, 0.05) is 45.0 Å². The van der Waals surface area contributed by atoms with Gasteiger partial charge in [-0.2, -0.15) is 4.31 Å². The molecule has 10 heteroatoms. The minimum atomic E-state index is -3.82. The SMILES string of the molecule is C[C@@H](OC(=O)c1cccc(S(=O)(=O)N2CCN(c3ccc(F)cc3)CC2)c1)C(=O)N1CCCC1. The molecule has 2 fully saturated rings. The topological polar surface area (TPSA) is 87.2 Å². The summed E-state index contributed by atoms with van der Waals surface area (Å²) in [5.41, 5.74) is 0.910. The number of carbonyl (C=O) groups is 2. The average molecular weight is 490 g/mol. The molecule has 0 N–H and O–H groups in total. The van der Waals surface area contributed by atoms with Crippen LogP contribution in [0.3, 0.4) is 0 Å². The van der Waals surface area contributed by atoms with E-state index in [4.69, 9.17) is 4.74 Å². The Morgan fingerprint density at radius 3 is 2.24 bits per heavy atom. The first-order chi connectivity index (χ1) is 16.3. The third-order valence-electron chi connectivity index (χ3n) is 6.19. The number of halogens is 1. The lowest BCUT2D eigenvalue weighted by Crippen LogP contribution is -2.48. The molecule has 8 nitrogen and oxygen atoms in total. The summed E-state index contributed by atoms with van der Waals surface area (Å²) in [7, 11) is -3.82. The molecule has 0 aromatic heterocycles. The van der Waals surface area contributed by atoms with Crippen LogP contribution in [0.4, 0.5) is 10.1 Å². The van der Waals surface area contributed by atoms with Gasteiger partial charge in [0.1, 0.15) is 5.82 Å². The molecule has 182 valence electrons. The first kappa shape index (κ1) is 24.2. The standard InChI is InChI=1S/C24H28FN3O5S/c1-18(23(29)27-11-2-3-12-27)33-24(30)19-5-4-6-22(17-19)34(31,32)28-15-13-26(14-16-28)21-9-7-20(25)8-10-21/h4-10,17-18H,2-3,11-16H2,1H3/t18-/m1/s1. The first-order valence-electron chi connectivity index (χ1n) is 11.4. The van der Waals surface area contributed by atoms with Gasteiger partial charge in [-0.15, -0.1) is 0 Å². The van der Waals surface area contributed by atoms with Crippen molar-refractivity contribution in [1.29, 1.82) is 0 Å². The van der Waals surface area contributed by atoms with Crippen LogP contribution in [0, 0.1) is 5.82 Å². The second-order valence-electron chi connectivity index (χ2n) is 8.48. The quantitative estimate of drug-likeness (QED) is 0.580. The van der Waals surface area contributed by atoms with E-state index in [9.17, 15) is 22.4 Å². The lowest BCUT2D eigenvalue weighted by atomic mass is 10.2. The maximum Gasteiger partial charge on any atom is 0.338 e. The Bertz CT molecular complexity index is 1140. The number of likely N-dealkylation sites (tertiary alicyclic amines) is 1. The van der Waals surface area contributed by atoms with Gasteiger partial charge >= 0.3 is 5.97 Å². The lowest BCUT2D eigenvalue weighted by Gasteiger charge is -2.35. The third-order valence-corrected chi connectivity index (χ3v) is 8.08. The van der Waals surface area contributed by atoms with E-state index in [1.54, 1.807) is 17.0 Å². The number of sulfonamides is 1. The van der Waals surface area contributed by atoms with Crippen molar-refractivity contribution in [2.45, 2.75) is 30.8 Å². The number of carbonyl (C=O) groups excluding carboxylic acids is 2. The van der Waals surface area contributed by atoms with Crippen molar-refractivity contribution in [3.05, 3.63) is 59.9 Å². The van der Waals surface area contributed by atoms with Crippen molar-refractivity contribution >= 4 is 27.6 Å². The summed E-state index contributed by atoms with van der Waals surface area (Å²) in [5, 5.41) is 0. The first-order valence-corrected chi connectivity index (χ1v) is 12.8. The highest BCUT2D eigenvalue weighted by molar-refractivity contribution is 7.89. The Labute approximate surface area is 198 Å². The molecule has 2 aliphatic heterocycles. The Hall–Kier alpha value is -2.98. The average Bonchev–Trinajstić information content (AvgIpc) is 3.39. The van der Waals surface area contributed by atoms with Crippen LogP contribution in [0.5, 0.6) is 0 Å². The fraction of sp³-hybridized carbons (Fsp3) is 0.417. The zero-order valence-electron chi connectivity index (χ0n) is 19.0. The summed E-state index contributed by atoms with van der Waals surface area (Å²) in [6.45, 7) is 4.28. The molecule has 1 atom stereocenters. The molecule has 2 aromatic rings. The highest BCUT2D eigenvalue weighted by atomic mass is 32.2. The van der Waals surface area contributed by atoms with Gasteiger partial charge in [0.05, 0.1) is 10.5 Å². The van der Waals surface area contributed by atoms with Crippen molar-refractivity contribution in [3.63, 3.8) is 0 Å². The number of nitrogens with zero attached hydrogens (tertiary/aromatic N) is 3. The highest BCUT2D eigenvalue weighted by Gasteiger charge is 2.30. The van der Waals surface area contributed by atoms with Crippen molar-refractivity contribution in [2.24, 2.45) is 0 Å². The van der Waals surface area contributed by atoms with Gasteiger partial charge in [0.2, 0.25) is 10.0 Å². The minimum absolute atomic E-state index is 0.00398. The summed E-state index contributed by atoms with van der Waals surface area (Å²) >= 11 is 0. The van der Waals surface area contributed by atoms with Crippen molar-refractivity contribution in [2.75, 3.05) is 44.2 Å². The van der Waals surface area contributed by atoms with Crippen LogP contribution in [0.25, 0.3) is 0 Å². The molecular weight excluding hydrogens is 461 g/mol. The fourth-order valence-electron chi connectivity index (χ4n) is 4.24. The minimum Gasteiger partial charge on any atom is -0.449 e. The molecule has 34 heavy (non-hydrogen) atoms. The summed E-state index contributed by atoms with van der Waals surface area (Å²) in [6, 6.07) is 11.8. The Morgan fingerprint density at radius 1 is 0.941 bits per heavy atom. The predicted molar refractivity (Wildman–Crippen MR) is 125 cm³/mol. The molecule has 2 aromatic carbocycles. The van der Waals surface area contributed by atoms with E-state index in [0.29, 0.717) is 26.2 Å². The Balaban J connectivity index is 1.40. The monoisotopic (exact) mass is 489 g/mol. The van der Waals surface area contributed by atoms with Crippen LogP contribution in [0.2, 0.25) is 0 Å². The number of hydrogen-bond acceptors (Lipinski definition) is 6. The number of anilines is 1. The molecule has 2 saturated heterocycles. The molecule has 0 spiro atoms. The smallest absolute Gasteiger partial charge is 0.338 e. The van der Waals surface area contributed by atoms with E-state index in [1.807, 2.05) is 4.90 Å². The molecule has 2 heterocycles. The second-order valence-corrected chi connectivity index (χ2v) is 10.4. The molecule has 4 rings (SSSR count). The number of ether oxygens (including phenoxy) is 1. The number of rotatable bonds is 6. The van der Waals surface area contributed by atoms with E-state index in [2.05, 4.69) is 0 Å². The number of piperazine rings is 1. The van der Waals surface area contributed by atoms with Gasteiger partial charge in [-0.25, -0.2) is 17.6 Å². The van der Waals surface area contributed by atoms with Crippen LogP contribution in [-0.2, 0) is 19.6 Å². The molecular formula is C24H28FN3O5S. The van der Waals surface area contributed by atoms with E-state index in [-0.39, 0.29) is 35.3 Å². The number of amides is 1. The molecule has 1 amide bonds. The van der Waals surface area contributed by atoms with Gasteiger partial charge < -0.3 is 14.5 Å². The lowest BCUT2D eigenvalue weighted by molar-refractivity contribution is -0.138. The molecule has 0 aliphatic carbocycles. The predicted octanol–water partition coefficient (Wildman–Crippen LogP) is 2.50. The summed E-state index contributed by atoms with van der Waals surface area (Å²) < 4.78 is 46.3. The molecule has 0 saturated carbocycles. The second kappa shape index (κ2) is 10.1. The normalized spacial score (nSPS) is 18.1. The van der Waals surface area contributed by atoms with Gasteiger partial charge in [0.15, 0.2) is 6.10 Å². The third kappa shape index (κ3) is 5.23. The Morgan fingerprint density at radius 2 is 1.59 bits per heavy atom. The summed E-state index contributed by atoms with van der Waals surface area (Å²) in [4.78, 5) is 28.7. The molecule has 2 aliphatic rings. The van der Waals surface area contributed by atoms with E-state index >= 15 is 0 Å². The molecule has 0 unspecified atom stereocenters. The van der Waals surface area contributed by atoms with Crippen LogP contribution in [0.15, 0.2) is 53.4 Å². The number of hydrogen-bond donors (Lipinski definition) is 0. The van der Waals surface area contributed by atoms with E-state index in [1.165, 1.54) is 47.6 Å². The van der Waals surface area contributed by atoms with Crippen molar-refractivity contribution in [1.82, 2.24) is 9.21 Å².